The summed E-state index contributed by atoms with van der Waals surface area (Å²) in [6, 6.07) is 0. The molecule has 0 aliphatic heterocycles. The van der Waals surface area contributed by atoms with Crippen LogP contribution in [0.5, 0.6) is 0 Å². The summed E-state index contributed by atoms with van der Waals surface area (Å²) in [5.74, 6) is -2.65. The second-order valence-electron chi connectivity index (χ2n) is 3.98. The first-order valence-corrected chi connectivity index (χ1v) is 5.64. The second-order valence-corrected chi connectivity index (χ2v) is 3.98. The number of hydrogen-bond acceptors (Lipinski definition) is 3. The van der Waals surface area contributed by atoms with Gasteiger partial charge in [-0.1, -0.05) is 12.2 Å². The standard InChI is InChI=1S/C14H15NO4/c1-4-6-9-8(3)10(7-5-2)15-12(14(18)19)11(9)13(16)17/h4-5H,1-2,6-7H2,3H3,(H,16,17)(H,18,19). The number of carboxylic acid groups (broad SMARTS) is 2. The first-order valence-electron chi connectivity index (χ1n) is 5.64. The van der Waals surface area contributed by atoms with Crippen LogP contribution < -0.4 is 0 Å². The van der Waals surface area contributed by atoms with Gasteiger partial charge in [-0.3, -0.25) is 0 Å². The van der Waals surface area contributed by atoms with E-state index in [0.717, 1.165) is 0 Å². The summed E-state index contributed by atoms with van der Waals surface area (Å²) in [6.45, 7) is 8.87. The molecule has 1 rings (SSSR count). The molecule has 0 fully saturated rings. The van der Waals surface area contributed by atoms with E-state index in [0.29, 0.717) is 23.2 Å². The Morgan fingerprint density at radius 3 is 2.16 bits per heavy atom. The van der Waals surface area contributed by atoms with Crippen LogP contribution in [0, 0.1) is 6.92 Å². The summed E-state index contributed by atoms with van der Waals surface area (Å²) >= 11 is 0. The van der Waals surface area contributed by atoms with Gasteiger partial charge in [0.25, 0.3) is 0 Å². The van der Waals surface area contributed by atoms with Gasteiger partial charge in [-0.05, 0) is 24.5 Å². The molecule has 100 valence electrons. The molecule has 0 spiro atoms. The minimum atomic E-state index is -1.35. The van der Waals surface area contributed by atoms with Gasteiger partial charge in [0.2, 0.25) is 0 Å². The van der Waals surface area contributed by atoms with E-state index >= 15 is 0 Å². The summed E-state index contributed by atoms with van der Waals surface area (Å²) in [7, 11) is 0. The van der Waals surface area contributed by atoms with Crippen LogP contribution >= 0.6 is 0 Å². The Morgan fingerprint density at radius 2 is 1.74 bits per heavy atom. The highest BCUT2D eigenvalue weighted by Gasteiger charge is 2.24. The van der Waals surface area contributed by atoms with E-state index in [2.05, 4.69) is 18.1 Å². The van der Waals surface area contributed by atoms with Crippen molar-refractivity contribution in [3.8, 4) is 0 Å². The van der Waals surface area contributed by atoms with Crippen molar-refractivity contribution in [3.63, 3.8) is 0 Å². The molecule has 0 aliphatic rings. The predicted molar refractivity (Wildman–Crippen MR) is 70.7 cm³/mol. The van der Waals surface area contributed by atoms with Crippen molar-refractivity contribution in [3.05, 3.63) is 53.4 Å². The molecule has 5 nitrogen and oxygen atoms in total. The highest BCUT2D eigenvalue weighted by atomic mass is 16.4. The van der Waals surface area contributed by atoms with Crippen LogP contribution in [0.3, 0.4) is 0 Å². The van der Waals surface area contributed by atoms with E-state index in [-0.39, 0.29) is 12.0 Å². The molecule has 0 saturated heterocycles. The van der Waals surface area contributed by atoms with E-state index in [1.807, 2.05) is 0 Å². The van der Waals surface area contributed by atoms with Crippen LogP contribution in [-0.2, 0) is 12.8 Å². The van der Waals surface area contributed by atoms with Crippen LogP contribution in [0.25, 0.3) is 0 Å². The smallest absolute Gasteiger partial charge is 0.355 e. The fourth-order valence-electron chi connectivity index (χ4n) is 1.90. The average Bonchev–Trinajstić information content (AvgIpc) is 2.33. The lowest BCUT2D eigenvalue weighted by atomic mass is 9.95. The molecule has 2 N–H and O–H groups in total. The van der Waals surface area contributed by atoms with Crippen molar-refractivity contribution in [2.24, 2.45) is 0 Å². The Bertz CT molecular complexity index is 561. The number of aromatic nitrogens is 1. The van der Waals surface area contributed by atoms with Crippen LogP contribution in [-0.4, -0.2) is 27.1 Å². The molecule has 0 saturated carbocycles. The Balaban J connectivity index is 3.71. The average molecular weight is 261 g/mol. The minimum absolute atomic E-state index is 0.266. The molecule has 1 aromatic heterocycles. The van der Waals surface area contributed by atoms with Crippen molar-refractivity contribution in [1.29, 1.82) is 0 Å². The van der Waals surface area contributed by atoms with Gasteiger partial charge in [-0.25, -0.2) is 14.6 Å². The van der Waals surface area contributed by atoms with Gasteiger partial charge < -0.3 is 10.2 Å². The molecule has 0 aliphatic carbocycles. The molecule has 5 heteroatoms. The number of nitrogens with zero attached hydrogens (tertiary/aromatic N) is 1. The fraction of sp³-hybridized carbons (Fsp3) is 0.214. The molecule has 0 amide bonds. The molecular formula is C14H15NO4. The van der Waals surface area contributed by atoms with Crippen molar-refractivity contribution >= 4 is 11.9 Å². The van der Waals surface area contributed by atoms with Gasteiger partial charge in [0.1, 0.15) is 0 Å². The van der Waals surface area contributed by atoms with Gasteiger partial charge in [0.15, 0.2) is 5.69 Å². The predicted octanol–water partition coefficient (Wildman–Crippen LogP) is 2.24. The highest BCUT2D eigenvalue weighted by molar-refractivity contribution is 6.01. The zero-order chi connectivity index (χ0) is 14.6. The maximum absolute atomic E-state index is 11.3. The van der Waals surface area contributed by atoms with Crippen molar-refractivity contribution in [2.75, 3.05) is 0 Å². The van der Waals surface area contributed by atoms with Crippen LogP contribution in [0.4, 0.5) is 0 Å². The third-order valence-electron chi connectivity index (χ3n) is 2.77. The minimum Gasteiger partial charge on any atom is -0.478 e. The SMILES string of the molecule is C=CCc1nc(C(=O)O)c(C(=O)O)c(CC=C)c1C. The van der Waals surface area contributed by atoms with Gasteiger partial charge >= 0.3 is 11.9 Å². The molecule has 1 aromatic rings. The van der Waals surface area contributed by atoms with Gasteiger partial charge in [-0.15, -0.1) is 13.2 Å². The topological polar surface area (TPSA) is 87.5 Å². The maximum Gasteiger partial charge on any atom is 0.355 e. The monoisotopic (exact) mass is 261 g/mol. The van der Waals surface area contributed by atoms with E-state index in [9.17, 15) is 14.7 Å². The van der Waals surface area contributed by atoms with E-state index in [4.69, 9.17) is 5.11 Å². The van der Waals surface area contributed by atoms with E-state index in [1.165, 1.54) is 6.08 Å². The molecule has 0 unspecified atom stereocenters. The quantitative estimate of drug-likeness (QED) is 0.767. The number of carboxylic acids is 2. The van der Waals surface area contributed by atoms with Gasteiger partial charge in [0, 0.05) is 12.1 Å². The lowest BCUT2D eigenvalue weighted by molar-refractivity contribution is 0.0645. The van der Waals surface area contributed by atoms with Crippen LogP contribution in [0.2, 0.25) is 0 Å². The van der Waals surface area contributed by atoms with Crippen LogP contribution in [0.1, 0.15) is 37.7 Å². The zero-order valence-corrected chi connectivity index (χ0v) is 10.6. The summed E-state index contributed by atoms with van der Waals surface area (Å²) in [6.07, 6.45) is 3.80. The Hall–Kier alpha value is -2.43. The summed E-state index contributed by atoms with van der Waals surface area (Å²) in [4.78, 5) is 26.4. The van der Waals surface area contributed by atoms with Crippen LogP contribution in [0.15, 0.2) is 25.3 Å². The third kappa shape index (κ3) is 2.88. The Morgan fingerprint density at radius 1 is 1.16 bits per heavy atom. The second kappa shape index (κ2) is 5.95. The van der Waals surface area contributed by atoms with Crippen molar-refractivity contribution in [1.82, 2.24) is 4.98 Å². The lowest BCUT2D eigenvalue weighted by Gasteiger charge is -2.14. The normalized spacial score (nSPS) is 9.95. The summed E-state index contributed by atoms with van der Waals surface area (Å²) in [5, 5.41) is 18.3. The number of aromatic carboxylic acids is 2. The first-order chi connectivity index (χ1) is 8.93. The van der Waals surface area contributed by atoms with E-state index in [1.54, 1.807) is 13.0 Å². The number of carbonyl (C=O) groups is 2. The molecule has 0 bridgehead atoms. The molecule has 19 heavy (non-hydrogen) atoms. The summed E-state index contributed by atoms with van der Waals surface area (Å²) < 4.78 is 0. The molecular weight excluding hydrogens is 246 g/mol. The maximum atomic E-state index is 11.3. The number of hydrogen-bond donors (Lipinski definition) is 2. The molecule has 1 heterocycles. The highest BCUT2D eigenvalue weighted by Crippen LogP contribution is 2.22. The third-order valence-corrected chi connectivity index (χ3v) is 2.77. The lowest BCUT2D eigenvalue weighted by Crippen LogP contribution is -2.17. The zero-order valence-electron chi connectivity index (χ0n) is 10.6. The number of rotatable bonds is 6. The summed E-state index contributed by atoms with van der Waals surface area (Å²) in [5.41, 5.74) is 0.924. The number of allylic oxidation sites excluding steroid dienone is 2. The largest absolute Gasteiger partial charge is 0.478 e. The molecule has 0 radical (unpaired) electrons. The van der Waals surface area contributed by atoms with Gasteiger partial charge in [-0.2, -0.15) is 0 Å². The van der Waals surface area contributed by atoms with Crippen molar-refractivity contribution in [2.45, 2.75) is 19.8 Å². The Kier molecular flexibility index (Phi) is 4.58. The molecule has 0 atom stereocenters. The first kappa shape index (κ1) is 14.6. The van der Waals surface area contributed by atoms with Gasteiger partial charge in [0.05, 0.1) is 5.56 Å². The van der Waals surface area contributed by atoms with E-state index < -0.39 is 17.6 Å². The Labute approximate surface area is 110 Å². The fourth-order valence-corrected chi connectivity index (χ4v) is 1.90. The number of pyridine rings is 1. The van der Waals surface area contributed by atoms with Crippen molar-refractivity contribution < 1.29 is 19.8 Å². The molecule has 0 aromatic carbocycles.